The number of hydrogen-bond acceptors (Lipinski definition) is 4. The monoisotopic (exact) mass is 820 g/mol. The summed E-state index contributed by atoms with van der Waals surface area (Å²) in [6.45, 7) is 18.1. The number of hydrogen-bond donors (Lipinski definition) is 1. The first kappa shape index (κ1) is 36.9. The molecule has 1 N–H and O–H groups in total. The van der Waals surface area contributed by atoms with Gasteiger partial charge in [0, 0.05) is 37.0 Å². The number of aliphatic hydroxyl groups excluding tert-OH is 1. The van der Waals surface area contributed by atoms with Gasteiger partial charge in [0.25, 0.3) is 0 Å². The molecule has 6 heteroatoms. The van der Waals surface area contributed by atoms with Gasteiger partial charge in [-0.1, -0.05) is 41.5 Å². The van der Waals surface area contributed by atoms with Gasteiger partial charge in [0.05, 0.1) is 0 Å². The van der Waals surface area contributed by atoms with E-state index in [0.717, 1.165) is 35.0 Å². The van der Waals surface area contributed by atoms with Crippen molar-refractivity contribution >= 4 is 45.1 Å². The Morgan fingerprint density at radius 3 is 2.09 bits per heavy atom. The molecule has 2 heterocycles. The Labute approximate surface area is 275 Å². The molecule has 0 saturated carbocycles. The Kier molecular flexibility index (Phi) is 12.2. The van der Waals surface area contributed by atoms with Gasteiger partial charge in [0.2, 0.25) is 0 Å². The number of benzene rings is 2. The molecule has 0 spiro atoms. The third-order valence-corrected chi connectivity index (χ3v) is 13.0. The summed E-state index contributed by atoms with van der Waals surface area (Å²) in [5, 5.41) is 13.4. The summed E-state index contributed by atoms with van der Waals surface area (Å²) in [6.07, 6.45) is 6.92. The van der Waals surface area contributed by atoms with Crippen molar-refractivity contribution in [1.29, 1.82) is 0 Å². The van der Waals surface area contributed by atoms with Crippen molar-refractivity contribution in [1.82, 2.24) is 9.97 Å². The molecule has 43 heavy (non-hydrogen) atoms. The van der Waals surface area contributed by atoms with Gasteiger partial charge in [-0.15, -0.1) is 0 Å². The molecule has 233 valence electrons. The third kappa shape index (κ3) is 8.44. The number of ketones is 1. The van der Waals surface area contributed by atoms with E-state index in [0.29, 0.717) is 0 Å². The van der Waals surface area contributed by atoms with Gasteiger partial charge in [0.15, 0.2) is 5.78 Å². The molecule has 0 amide bonds. The standard InChI is InChI=1S/C24H25GeN2.C13H24O2.Ir/c1-15-11-16(2)13-18(12-15)23-21-14-27-24-20(19(21)9-10-26-23)8-7-17(3)22(24)25(4,5)6;1-7-12(3,4)10(14)9-11(15)13(5,6)8-2;/h7-12,14H,1-6H3;9,14H,7-8H2,1-6H3;/q-1;;/b;10-9-;. The Bertz CT molecular complexity index is 1630. The second-order valence-electron chi connectivity index (χ2n) is 13.9. The molecule has 0 saturated heterocycles. The summed E-state index contributed by atoms with van der Waals surface area (Å²) >= 11 is -2.05. The summed E-state index contributed by atoms with van der Waals surface area (Å²) in [5.41, 5.74) is 6.24. The van der Waals surface area contributed by atoms with E-state index in [1.807, 2.05) is 53.9 Å². The van der Waals surface area contributed by atoms with E-state index in [9.17, 15) is 9.90 Å². The maximum absolute atomic E-state index is 11.8. The van der Waals surface area contributed by atoms with Crippen LogP contribution in [0.15, 0.2) is 54.6 Å². The van der Waals surface area contributed by atoms with Crippen molar-refractivity contribution in [3.8, 4) is 11.3 Å². The summed E-state index contributed by atoms with van der Waals surface area (Å²) in [5.74, 6) is 7.52. The Balaban J connectivity index is 0.000000348. The molecular weight excluding hydrogens is 769 g/mol. The zero-order valence-electron chi connectivity index (χ0n) is 28.1. The second kappa shape index (κ2) is 14.2. The number of nitrogens with zero attached hydrogens (tertiary/aromatic N) is 2. The smallest absolute Gasteiger partial charge is 0 e. The van der Waals surface area contributed by atoms with Crippen LogP contribution in [0, 0.1) is 37.7 Å². The van der Waals surface area contributed by atoms with E-state index in [2.05, 4.69) is 74.4 Å². The number of aromatic nitrogens is 2. The Morgan fingerprint density at radius 2 is 1.53 bits per heavy atom. The van der Waals surface area contributed by atoms with Crippen LogP contribution in [0.1, 0.15) is 71.1 Å². The van der Waals surface area contributed by atoms with Gasteiger partial charge in [-0.05, 0) is 12.8 Å². The predicted molar refractivity (Wildman–Crippen MR) is 182 cm³/mol. The fraction of sp³-hybridized carbons (Fsp3) is 0.432. The van der Waals surface area contributed by atoms with Gasteiger partial charge in [-0.2, -0.15) is 0 Å². The molecule has 0 bridgehead atoms. The molecule has 0 atom stereocenters. The molecule has 4 nitrogen and oxygen atoms in total. The molecule has 0 aliphatic heterocycles. The number of carbonyl (C=O) groups excluding carboxylic acids is 1. The van der Waals surface area contributed by atoms with Crippen molar-refractivity contribution in [2.24, 2.45) is 10.8 Å². The molecular formula is C37H49GeIrN2O2-. The second-order valence-corrected chi connectivity index (χ2v) is 24.4. The number of aryl methyl sites for hydroxylation is 3. The van der Waals surface area contributed by atoms with E-state index in [4.69, 9.17) is 9.97 Å². The summed E-state index contributed by atoms with van der Waals surface area (Å²) in [7, 11) is 0. The van der Waals surface area contributed by atoms with Crippen LogP contribution < -0.4 is 4.40 Å². The molecule has 0 fully saturated rings. The van der Waals surface area contributed by atoms with Crippen molar-refractivity contribution < 1.29 is 30.0 Å². The largest absolute Gasteiger partial charge is 0 e. The first-order chi connectivity index (χ1) is 19.4. The number of fused-ring (bicyclic) bond motifs is 3. The topological polar surface area (TPSA) is 63.1 Å². The van der Waals surface area contributed by atoms with Crippen LogP contribution in [-0.2, 0) is 24.9 Å². The molecule has 4 rings (SSSR count). The van der Waals surface area contributed by atoms with Crippen LogP contribution in [0.25, 0.3) is 32.9 Å². The molecule has 1 radical (unpaired) electrons. The van der Waals surface area contributed by atoms with Crippen molar-refractivity contribution in [2.75, 3.05) is 0 Å². The average molecular weight is 819 g/mol. The molecule has 0 unspecified atom stereocenters. The van der Waals surface area contributed by atoms with Gasteiger partial charge in [-0.25, -0.2) is 0 Å². The van der Waals surface area contributed by atoms with Gasteiger partial charge in [0.1, 0.15) is 5.76 Å². The average Bonchev–Trinajstić information content (AvgIpc) is 2.91. The minimum absolute atomic E-state index is 0. The van der Waals surface area contributed by atoms with Crippen LogP contribution in [0.5, 0.6) is 0 Å². The summed E-state index contributed by atoms with van der Waals surface area (Å²) in [4.78, 5) is 21.5. The fourth-order valence-corrected chi connectivity index (χ4v) is 9.63. The summed E-state index contributed by atoms with van der Waals surface area (Å²) in [6, 6.07) is 14.4. The van der Waals surface area contributed by atoms with Crippen molar-refractivity contribution in [2.45, 2.75) is 92.4 Å². The van der Waals surface area contributed by atoms with E-state index in [-0.39, 0.29) is 42.5 Å². The van der Waals surface area contributed by atoms with E-state index in [1.54, 1.807) is 0 Å². The van der Waals surface area contributed by atoms with Gasteiger partial charge in [-0.3, -0.25) is 4.79 Å². The quantitative estimate of drug-likeness (QED) is 0.0664. The number of rotatable bonds is 7. The molecule has 2 aromatic heterocycles. The van der Waals surface area contributed by atoms with Crippen LogP contribution in [0.2, 0.25) is 17.3 Å². The van der Waals surface area contributed by atoms with Crippen LogP contribution in [-0.4, -0.2) is 34.1 Å². The number of pyridine rings is 2. The van der Waals surface area contributed by atoms with Crippen molar-refractivity contribution in [3.05, 3.63) is 77.3 Å². The molecule has 0 aliphatic rings. The summed E-state index contributed by atoms with van der Waals surface area (Å²) < 4.78 is 1.51. The maximum Gasteiger partial charge on any atom is 0 e. The van der Waals surface area contributed by atoms with E-state index < -0.39 is 13.3 Å². The minimum atomic E-state index is -2.05. The van der Waals surface area contributed by atoms with Crippen molar-refractivity contribution in [3.63, 3.8) is 0 Å². The zero-order chi connectivity index (χ0) is 31.6. The van der Waals surface area contributed by atoms with E-state index >= 15 is 0 Å². The van der Waals surface area contributed by atoms with Crippen LogP contribution >= 0.6 is 0 Å². The number of allylic oxidation sites excluding steroid dienone is 2. The van der Waals surface area contributed by atoms with Gasteiger partial charge >= 0.3 is 164 Å². The van der Waals surface area contributed by atoms with Gasteiger partial charge < -0.3 is 5.11 Å². The Morgan fingerprint density at radius 1 is 0.907 bits per heavy atom. The third-order valence-electron chi connectivity index (χ3n) is 8.54. The SMILES string of the molecule is CCC(C)(C)C(=O)/C=C(\O)C(C)(C)CC.Cc1[c-]c(-c2nccc3c2cnc2[c]([Ge]([CH3])([CH3])[CH3])c(C)ccc23)cc(C)c1.[Ir]. The van der Waals surface area contributed by atoms with Crippen LogP contribution in [0.3, 0.4) is 0 Å². The molecule has 2 aromatic carbocycles. The number of aliphatic hydroxyl groups is 1. The molecule has 0 aliphatic carbocycles. The number of carbonyl (C=O) groups is 1. The first-order valence-corrected chi connectivity index (χ1v) is 22.4. The fourth-order valence-electron chi connectivity index (χ4n) is 5.07. The van der Waals surface area contributed by atoms with Crippen LogP contribution in [0.4, 0.5) is 0 Å². The maximum atomic E-state index is 11.8. The molecule has 4 aromatic rings. The zero-order valence-corrected chi connectivity index (χ0v) is 32.6. The first-order valence-electron chi connectivity index (χ1n) is 15.1. The van der Waals surface area contributed by atoms with E-state index in [1.165, 1.54) is 37.9 Å². The predicted octanol–water partition coefficient (Wildman–Crippen LogP) is 9.59. The Hall–Kier alpha value is -2.34. The minimum Gasteiger partial charge on any atom is 0 e. The normalized spacial score (nSPS) is 12.5.